The molecule has 0 spiro atoms. The molecule has 2 aromatic rings. The molecule has 0 atom stereocenters. The van der Waals surface area contributed by atoms with Crippen molar-refractivity contribution in [1.29, 1.82) is 0 Å². The smallest absolute Gasteiger partial charge is 0.198 e. The summed E-state index contributed by atoms with van der Waals surface area (Å²) in [5.41, 5.74) is 3.66. The van der Waals surface area contributed by atoms with Crippen molar-refractivity contribution < 1.29 is 0 Å². The maximum atomic E-state index is 4.89. The summed E-state index contributed by atoms with van der Waals surface area (Å²) in [4.78, 5) is 11.4. The van der Waals surface area contributed by atoms with Crippen molar-refractivity contribution in [3.05, 3.63) is 59.9 Å². The molecule has 0 unspecified atom stereocenters. The molecule has 3 rings (SSSR count). The van der Waals surface area contributed by atoms with Gasteiger partial charge in [0.2, 0.25) is 0 Å². The minimum absolute atomic E-state index is 0. The van der Waals surface area contributed by atoms with Gasteiger partial charge in [-0.05, 0) is 61.9 Å². The molecule has 0 bridgehead atoms. The number of aromatic nitrogens is 1. The lowest BCUT2D eigenvalue weighted by atomic mass is 10.1. The highest BCUT2D eigenvalue weighted by Crippen LogP contribution is 2.13. The summed E-state index contributed by atoms with van der Waals surface area (Å²) in [6, 6.07) is 12.4. The lowest BCUT2D eigenvalue weighted by molar-refractivity contribution is 0.340. The van der Waals surface area contributed by atoms with Crippen molar-refractivity contribution in [1.82, 2.24) is 9.88 Å². The molecule has 5 heteroatoms. The van der Waals surface area contributed by atoms with E-state index in [1.54, 1.807) is 0 Å². The molecule has 0 saturated carbocycles. The summed E-state index contributed by atoms with van der Waals surface area (Å²) in [7, 11) is 0. The number of piperidine rings is 1. The molecule has 134 valence electrons. The van der Waals surface area contributed by atoms with E-state index >= 15 is 0 Å². The van der Waals surface area contributed by atoms with Gasteiger partial charge in [-0.3, -0.25) is 9.98 Å². The Hall–Kier alpha value is -1.63. The molecule has 0 amide bonds. The number of nitrogens with one attached hydrogen (secondary N) is 1. The summed E-state index contributed by atoms with van der Waals surface area (Å²) in [5, 5.41) is 3.51. The average Bonchev–Trinajstić information content (AvgIpc) is 2.64. The van der Waals surface area contributed by atoms with Crippen LogP contribution in [0.25, 0.3) is 0 Å². The predicted molar refractivity (Wildman–Crippen MR) is 116 cm³/mol. The number of likely N-dealkylation sites (tertiary alicyclic amines) is 1. The van der Waals surface area contributed by atoms with Gasteiger partial charge in [-0.15, -0.1) is 24.0 Å². The first-order chi connectivity index (χ1) is 11.8. The van der Waals surface area contributed by atoms with Gasteiger partial charge < -0.3 is 10.2 Å². The topological polar surface area (TPSA) is 40.5 Å². The number of hydrogen-bond acceptors (Lipinski definition) is 2. The van der Waals surface area contributed by atoms with E-state index in [9.17, 15) is 0 Å². The fraction of sp³-hybridized carbons (Fsp3) is 0.400. The Labute approximate surface area is 167 Å². The third kappa shape index (κ3) is 5.99. The zero-order valence-corrected chi connectivity index (χ0v) is 17.1. The Morgan fingerprint density at radius 3 is 2.60 bits per heavy atom. The van der Waals surface area contributed by atoms with Crippen LogP contribution in [0, 0.1) is 6.92 Å². The number of anilines is 1. The first kappa shape index (κ1) is 19.7. The molecule has 2 heterocycles. The number of pyridine rings is 1. The van der Waals surface area contributed by atoms with Gasteiger partial charge in [-0.25, -0.2) is 0 Å². The van der Waals surface area contributed by atoms with Crippen LogP contribution in [0.3, 0.4) is 0 Å². The molecule has 1 aliphatic rings. The van der Waals surface area contributed by atoms with Gasteiger partial charge in [0.25, 0.3) is 0 Å². The maximum Gasteiger partial charge on any atom is 0.198 e. The van der Waals surface area contributed by atoms with Crippen LogP contribution >= 0.6 is 24.0 Å². The van der Waals surface area contributed by atoms with Crippen molar-refractivity contribution in [2.24, 2.45) is 4.99 Å². The van der Waals surface area contributed by atoms with Crippen LogP contribution in [-0.4, -0.2) is 35.5 Å². The summed E-state index contributed by atoms with van der Waals surface area (Å²) >= 11 is 0. The van der Waals surface area contributed by atoms with Crippen LogP contribution in [0.4, 0.5) is 5.69 Å². The van der Waals surface area contributed by atoms with Gasteiger partial charge in [0, 0.05) is 37.7 Å². The van der Waals surface area contributed by atoms with E-state index < -0.39 is 0 Å². The molecule has 1 aliphatic heterocycles. The third-order valence-electron chi connectivity index (χ3n) is 4.46. The Kier molecular flexibility index (Phi) is 8.18. The fourth-order valence-electron chi connectivity index (χ4n) is 3.04. The minimum atomic E-state index is 0. The van der Waals surface area contributed by atoms with Crippen LogP contribution in [0.1, 0.15) is 30.4 Å². The first-order valence-corrected chi connectivity index (χ1v) is 8.84. The quantitative estimate of drug-likeness (QED) is 0.424. The standard InChI is InChI=1S/C20H26N4.HI/c1-17-16-21-12-10-18(17)11-13-22-20(24-14-6-3-7-15-24)23-19-8-4-2-5-9-19;/h2,4-5,8-10,12,16H,3,6-7,11,13-15H2,1H3,(H,22,23);1H. The molecular weight excluding hydrogens is 423 g/mol. The van der Waals surface area contributed by atoms with Crippen LogP contribution in [0.5, 0.6) is 0 Å². The monoisotopic (exact) mass is 450 g/mol. The molecule has 0 radical (unpaired) electrons. The van der Waals surface area contributed by atoms with E-state index in [0.29, 0.717) is 0 Å². The highest BCUT2D eigenvalue weighted by atomic mass is 127. The van der Waals surface area contributed by atoms with E-state index in [4.69, 9.17) is 4.99 Å². The number of nitrogens with zero attached hydrogens (tertiary/aromatic N) is 3. The number of benzene rings is 1. The molecule has 1 fully saturated rings. The van der Waals surface area contributed by atoms with Gasteiger partial charge in [0.05, 0.1) is 0 Å². The largest absolute Gasteiger partial charge is 0.343 e. The Morgan fingerprint density at radius 2 is 1.88 bits per heavy atom. The van der Waals surface area contributed by atoms with Crippen LogP contribution in [-0.2, 0) is 6.42 Å². The van der Waals surface area contributed by atoms with Gasteiger partial charge in [-0.2, -0.15) is 0 Å². The lowest BCUT2D eigenvalue weighted by Gasteiger charge is -2.30. The van der Waals surface area contributed by atoms with Crippen molar-refractivity contribution in [2.45, 2.75) is 32.6 Å². The summed E-state index contributed by atoms with van der Waals surface area (Å²) in [5.74, 6) is 1.01. The SMILES string of the molecule is Cc1cnccc1CCN=C(Nc1ccccc1)N1CCCCC1.I. The highest BCUT2D eigenvalue weighted by Gasteiger charge is 2.14. The molecule has 0 aliphatic carbocycles. The summed E-state index contributed by atoms with van der Waals surface area (Å²) in [6.45, 7) is 5.08. The Morgan fingerprint density at radius 1 is 1.12 bits per heavy atom. The zero-order valence-electron chi connectivity index (χ0n) is 14.8. The van der Waals surface area contributed by atoms with Crippen LogP contribution in [0.2, 0.25) is 0 Å². The Balaban J connectivity index is 0.00000225. The van der Waals surface area contributed by atoms with Crippen LogP contribution < -0.4 is 5.32 Å². The Bertz CT molecular complexity index is 666. The van der Waals surface area contributed by atoms with E-state index in [2.05, 4.69) is 52.5 Å². The highest BCUT2D eigenvalue weighted by molar-refractivity contribution is 14.0. The second kappa shape index (κ2) is 10.4. The summed E-state index contributed by atoms with van der Waals surface area (Å²) in [6.07, 6.45) is 8.55. The zero-order chi connectivity index (χ0) is 16.6. The van der Waals surface area contributed by atoms with E-state index in [-0.39, 0.29) is 24.0 Å². The minimum Gasteiger partial charge on any atom is -0.343 e. The van der Waals surface area contributed by atoms with Gasteiger partial charge in [0.1, 0.15) is 0 Å². The first-order valence-electron chi connectivity index (χ1n) is 8.84. The maximum absolute atomic E-state index is 4.89. The average molecular weight is 450 g/mol. The predicted octanol–water partition coefficient (Wildman–Crippen LogP) is 4.50. The van der Waals surface area contributed by atoms with E-state index in [0.717, 1.165) is 37.7 Å². The second-order valence-corrected chi connectivity index (χ2v) is 6.30. The van der Waals surface area contributed by atoms with Crippen molar-refractivity contribution >= 4 is 35.6 Å². The van der Waals surface area contributed by atoms with Gasteiger partial charge in [0.15, 0.2) is 5.96 Å². The third-order valence-corrected chi connectivity index (χ3v) is 4.46. The molecule has 1 saturated heterocycles. The van der Waals surface area contributed by atoms with Gasteiger partial charge in [-0.1, -0.05) is 18.2 Å². The number of para-hydroxylation sites is 1. The molecular formula is C20H27IN4. The van der Waals surface area contributed by atoms with Gasteiger partial charge >= 0.3 is 0 Å². The van der Waals surface area contributed by atoms with E-state index in [1.807, 2.05) is 18.5 Å². The number of aryl methyl sites for hydroxylation is 1. The fourth-order valence-corrected chi connectivity index (χ4v) is 3.04. The van der Waals surface area contributed by atoms with Crippen molar-refractivity contribution in [3.63, 3.8) is 0 Å². The lowest BCUT2D eigenvalue weighted by Crippen LogP contribution is -2.40. The van der Waals surface area contributed by atoms with Crippen molar-refractivity contribution in [3.8, 4) is 0 Å². The molecule has 4 nitrogen and oxygen atoms in total. The molecule has 1 aromatic carbocycles. The van der Waals surface area contributed by atoms with Crippen molar-refractivity contribution in [2.75, 3.05) is 25.0 Å². The molecule has 1 N–H and O–H groups in total. The number of aliphatic imine (C=N–C) groups is 1. The normalized spacial score (nSPS) is 14.8. The molecule has 1 aromatic heterocycles. The number of halogens is 1. The van der Waals surface area contributed by atoms with E-state index in [1.165, 1.54) is 30.4 Å². The number of hydrogen-bond donors (Lipinski definition) is 1. The van der Waals surface area contributed by atoms with Crippen LogP contribution in [0.15, 0.2) is 53.8 Å². The molecule has 25 heavy (non-hydrogen) atoms. The summed E-state index contributed by atoms with van der Waals surface area (Å²) < 4.78 is 0. The number of guanidine groups is 1. The number of rotatable bonds is 4. The second-order valence-electron chi connectivity index (χ2n) is 6.30.